The summed E-state index contributed by atoms with van der Waals surface area (Å²) < 4.78 is 2.11. The highest BCUT2D eigenvalue weighted by atomic mass is 35.5. The molecule has 0 saturated heterocycles. The van der Waals surface area contributed by atoms with E-state index in [4.69, 9.17) is 11.6 Å². The number of benzene rings is 2. The Morgan fingerprint density at radius 2 is 1.76 bits per heavy atom. The third-order valence-electron chi connectivity index (χ3n) is 4.50. The van der Waals surface area contributed by atoms with Crippen molar-refractivity contribution in [3.63, 3.8) is 0 Å². The number of halogens is 1. The normalized spacial score (nSPS) is 11.8. The summed E-state index contributed by atoms with van der Waals surface area (Å²) in [6.07, 6.45) is 0.706. The quantitative estimate of drug-likeness (QED) is 0.674. The maximum atomic E-state index is 13.2. The lowest BCUT2D eigenvalue weighted by Crippen LogP contribution is -2.47. The van der Waals surface area contributed by atoms with Gasteiger partial charge in [0.25, 0.3) is 11.5 Å². The monoisotopic (exact) mass is 412 g/mol. The minimum atomic E-state index is -0.731. The van der Waals surface area contributed by atoms with Crippen molar-refractivity contribution in [2.24, 2.45) is 0 Å². The number of carbonyl (C=O) groups is 1. The molecule has 0 fully saturated rings. The number of hydrogen-bond donors (Lipinski definition) is 1. The van der Waals surface area contributed by atoms with Crippen molar-refractivity contribution in [3.05, 3.63) is 91.7 Å². The first-order valence-electron chi connectivity index (χ1n) is 9.29. The van der Waals surface area contributed by atoms with Gasteiger partial charge in [0, 0.05) is 11.6 Å². The van der Waals surface area contributed by atoms with Gasteiger partial charge in [0.1, 0.15) is 0 Å². The second-order valence-corrected chi connectivity index (χ2v) is 6.97. The first kappa shape index (κ1) is 20.5. The van der Waals surface area contributed by atoms with E-state index in [0.717, 1.165) is 14.8 Å². The van der Waals surface area contributed by atoms with Crippen LogP contribution in [0.4, 0.5) is 0 Å². The van der Waals surface area contributed by atoms with Crippen molar-refractivity contribution in [2.75, 3.05) is 6.54 Å². The minimum Gasteiger partial charge on any atom is -0.350 e. The molecule has 1 heterocycles. The van der Waals surface area contributed by atoms with Crippen molar-refractivity contribution in [1.29, 1.82) is 0 Å². The average molecular weight is 413 g/mol. The van der Waals surface area contributed by atoms with Crippen molar-refractivity contribution >= 4 is 17.5 Å². The molecule has 7 nitrogen and oxygen atoms in total. The molecule has 0 spiro atoms. The average Bonchev–Trinajstić information content (AvgIpc) is 2.73. The standard InChI is InChI=1S/C21H21ClN4O3/c1-3-13-23-19(27)18-20(28)25(14(2)15-7-5-4-6-8-15)21(29)26(24-18)17-11-9-16(22)10-12-17/h4-12,14H,3,13H2,1-2H3,(H,23,27). The summed E-state index contributed by atoms with van der Waals surface area (Å²) in [5, 5.41) is 7.22. The van der Waals surface area contributed by atoms with E-state index in [9.17, 15) is 14.4 Å². The Balaban J connectivity index is 2.24. The molecule has 0 radical (unpaired) electrons. The Bertz CT molecular complexity index is 1120. The molecule has 3 aromatic rings. The van der Waals surface area contributed by atoms with Gasteiger partial charge in [0.2, 0.25) is 5.69 Å². The molecule has 0 aliphatic carbocycles. The van der Waals surface area contributed by atoms with Crippen molar-refractivity contribution in [3.8, 4) is 5.69 Å². The third kappa shape index (κ3) is 4.30. The predicted molar refractivity (Wildman–Crippen MR) is 112 cm³/mol. The fourth-order valence-electron chi connectivity index (χ4n) is 2.93. The lowest BCUT2D eigenvalue weighted by atomic mass is 10.1. The SMILES string of the molecule is CCCNC(=O)c1nn(-c2ccc(Cl)cc2)c(=O)n(C(C)c2ccccc2)c1=O. The molecule has 1 amide bonds. The fraction of sp³-hybridized carbons (Fsp3) is 0.238. The van der Waals surface area contributed by atoms with Crippen molar-refractivity contribution in [2.45, 2.75) is 26.3 Å². The predicted octanol–water partition coefficient (Wildman–Crippen LogP) is 2.80. The van der Waals surface area contributed by atoms with Crippen LogP contribution in [0.1, 0.15) is 42.4 Å². The summed E-state index contributed by atoms with van der Waals surface area (Å²) in [4.78, 5) is 38.8. The Morgan fingerprint density at radius 3 is 2.38 bits per heavy atom. The van der Waals surface area contributed by atoms with E-state index >= 15 is 0 Å². The van der Waals surface area contributed by atoms with Crippen LogP contribution in [0.3, 0.4) is 0 Å². The highest BCUT2D eigenvalue weighted by Crippen LogP contribution is 2.15. The molecule has 150 valence electrons. The van der Waals surface area contributed by atoms with Crippen LogP contribution < -0.4 is 16.6 Å². The first-order valence-corrected chi connectivity index (χ1v) is 9.66. The molecular formula is C21H21ClN4O3. The van der Waals surface area contributed by atoms with E-state index in [0.29, 0.717) is 23.7 Å². The summed E-state index contributed by atoms with van der Waals surface area (Å²) in [6.45, 7) is 4.03. The Kier molecular flexibility index (Phi) is 6.29. The molecule has 0 aliphatic heterocycles. The van der Waals surface area contributed by atoms with Gasteiger partial charge in [-0.05, 0) is 43.2 Å². The number of amides is 1. The zero-order valence-electron chi connectivity index (χ0n) is 16.1. The number of hydrogen-bond acceptors (Lipinski definition) is 4. The van der Waals surface area contributed by atoms with E-state index in [2.05, 4.69) is 10.4 Å². The van der Waals surface area contributed by atoms with E-state index in [1.54, 1.807) is 31.2 Å². The van der Waals surface area contributed by atoms with Crippen LogP contribution in [0.2, 0.25) is 5.02 Å². The van der Waals surface area contributed by atoms with Crippen molar-refractivity contribution in [1.82, 2.24) is 19.7 Å². The minimum absolute atomic E-state index is 0.337. The zero-order chi connectivity index (χ0) is 21.0. The molecule has 0 saturated carbocycles. The van der Waals surface area contributed by atoms with Gasteiger partial charge in [-0.2, -0.15) is 9.78 Å². The van der Waals surface area contributed by atoms with Gasteiger partial charge in [-0.1, -0.05) is 48.9 Å². The molecule has 1 aromatic heterocycles. The lowest BCUT2D eigenvalue weighted by molar-refractivity contribution is 0.0943. The van der Waals surface area contributed by atoms with Crippen LogP contribution in [0.5, 0.6) is 0 Å². The van der Waals surface area contributed by atoms with Crippen LogP contribution in [0.25, 0.3) is 5.69 Å². The van der Waals surface area contributed by atoms with Crippen molar-refractivity contribution < 1.29 is 4.79 Å². The molecule has 0 bridgehead atoms. The van der Waals surface area contributed by atoms with Gasteiger partial charge in [-0.3, -0.25) is 9.59 Å². The molecular weight excluding hydrogens is 392 g/mol. The second-order valence-electron chi connectivity index (χ2n) is 6.54. The van der Waals surface area contributed by atoms with Crippen LogP contribution in [0, 0.1) is 0 Å². The molecule has 0 aliphatic rings. The number of carbonyl (C=O) groups excluding carboxylic acids is 1. The van der Waals surface area contributed by atoms with Crippen LogP contribution in [0.15, 0.2) is 64.2 Å². The zero-order valence-corrected chi connectivity index (χ0v) is 16.9. The summed E-state index contributed by atoms with van der Waals surface area (Å²) in [7, 11) is 0. The van der Waals surface area contributed by atoms with E-state index < -0.39 is 23.2 Å². The van der Waals surface area contributed by atoms with E-state index in [1.165, 1.54) is 0 Å². The molecule has 2 aromatic carbocycles. The van der Waals surface area contributed by atoms with Gasteiger partial charge in [-0.15, -0.1) is 0 Å². The number of rotatable bonds is 6. The fourth-order valence-corrected chi connectivity index (χ4v) is 3.05. The Hall–Kier alpha value is -3.19. The van der Waals surface area contributed by atoms with Crippen LogP contribution >= 0.6 is 11.6 Å². The largest absolute Gasteiger partial charge is 0.352 e. The molecule has 1 atom stereocenters. The summed E-state index contributed by atoms with van der Waals surface area (Å²) in [6, 6.07) is 15.0. The molecule has 3 rings (SSSR count). The Labute approximate surface area is 172 Å². The second kappa shape index (κ2) is 8.87. The van der Waals surface area contributed by atoms with Gasteiger partial charge >= 0.3 is 5.69 Å². The maximum absolute atomic E-state index is 13.2. The van der Waals surface area contributed by atoms with Crippen LogP contribution in [-0.2, 0) is 0 Å². The Morgan fingerprint density at radius 1 is 1.10 bits per heavy atom. The number of nitrogens with zero attached hydrogens (tertiary/aromatic N) is 3. The molecule has 29 heavy (non-hydrogen) atoms. The summed E-state index contributed by atoms with van der Waals surface area (Å²) in [5.41, 5.74) is -0.542. The number of nitrogens with one attached hydrogen (secondary N) is 1. The molecule has 1 N–H and O–H groups in total. The lowest BCUT2D eigenvalue weighted by Gasteiger charge is -2.17. The summed E-state index contributed by atoms with van der Waals surface area (Å²) >= 11 is 5.94. The molecule has 1 unspecified atom stereocenters. The van der Waals surface area contributed by atoms with E-state index in [1.807, 2.05) is 37.3 Å². The molecule has 8 heteroatoms. The van der Waals surface area contributed by atoms with Gasteiger partial charge in [-0.25, -0.2) is 9.36 Å². The highest BCUT2D eigenvalue weighted by molar-refractivity contribution is 6.30. The van der Waals surface area contributed by atoms with E-state index in [-0.39, 0.29) is 5.69 Å². The first-order chi connectivity index (χ1) is 13.9. The topological polar surface area (TPSA) is 86.0 Å². The maximum Gasteiger partial charge on any atom is 0.352 e. The third-order valence-corrected chi connectivity index (χ3v) is 4.75. The number of aromatic nitrogens is 3. The smallest absolute Gasteiger partial charge is 0.350 e. The van der Waals surface area contributed by atoms with Gasteiger partial charge in [0.05, 0.1) is 11.7 Å². The van der Waals surface area contributed by atoms with Gasteiger partial charge < -0.3 is 5.32 Å². The summed E-state index contributed by atoms with van der Waals surface area (Å²) in [5.74, 6) is -0.617. The van der Waals surface area contributed by atoms with Gasteiger partial charge in [0.15, 0.2) is 0 Å². The van der Waals surface area contributed by atoms with Crippen LogP contribution in [-0.4, -0.2) is 26.8 Å². The highest BCUT2D eigenvalue weighted by Gasteiger charge is 2.23.